The van der Waals surface area contributed by atoms with Gasteiger partial charge in [-0.2, -0.15) is 0 Å². The summed E-state index contributed by atoms with van der Waals surface area (Å²) >= 11 is 0. The van der Waals surface area contributed by atoms with Gasteiger partial charge in [0.05, 0.1) is 5.60 Å². The second kappa shape index (κ2) is 5.41. The summed E-state index contributed by atoms with van der Waals surface area (Å²) in [7, 11) is 0. The first-order valence-corrected chi connectivity index (χ1v) is 5.66. The van der Waals surface area contributed by atoms with Crippen molar-refractivity contribution >= 4 is 0 Å². The minimum Gasteiger partial charge on any atom is -0.385 e. The quantitative estimate of drug-likeness (QED) is 0.754. The molecule has 90 valence electrons. The number of hydrogen-bond acceptors (Lipinski definition) is 2. The molecule has 0 aliphatic rings. The zero-order chi connectivity index (χ0) is 12.2. The summed E-state index contributed by atoms with van der Waals surface area (Å²) in [5.41, 5.74) is 0.497. The van der Waals surface area contributed by atoms with Crippen LogP contribution in [-0.4, -0.2) is 18.2 Å². The van der Waals surface area contributed by atoms with Crippen molar-refractivity contribution in [2.75, 3.05) is 13.1 Å². The first-order valence-electron chi connectivity index (χ1n) is 5.66. The predicted molar refractivity (Wildman–Crippen MR) is 63.9 cm³/mol. The Balaban J connectivity index is 2.80. The van der Waals surface area contributed by atoms with Crippen LogP contribution in [0.25, 0.3) is 0 Å². The third-order valence-corrected chi connectivity index (χ3v) is 2.70. The minimum absolute atomic E-state index is 0.293. The summed E-state index contributed by atoms with van der Waals surface area (Å²) in [6, 6.07) is 4.69. The topological polar surface area (TPSA) is 32.3 Å². The van der Waals surface area contributed by atoms with Crippen molar-refractivity contribution < 1.29 is 9.50 Å². The highest BCUT2D eigenvalue weighted by atomic mass is 19.1. The van der Waals surface area contributed by atoms with Gasteiger partial charge in [0.25, 0.3) is 0 Å². The van der Waals surface area contributed by atoms with Crippen molar-refractivity contribution in [3.63, 3.8) is 0 Å². The molecule has 1 aromatic carbocycles. The summed E-state index contributed by atoms with van der Waals surface area (Å²) < 4.78 is 13.2. The van der Waals surface area contributed by atoms with Gasteiger partial charge in [0.1, 0.15) is 5.82 Å². The molecular weight excluding hydrogens is 205 g/mol. The van der Waals surface area contributed by atoms with Crippen molar-refractivity contribution in [2.45, 2.75) is 32.8 Å². The zero-order valence-corrected chi connectivity index (χ0v) is 10.2. The van der Waals surface area contributed by atoms with Crippen LogP contribution >= 0.6 is 0 Å². The third-order valence-electron chi connectivity index (χ3n) is 2.70. The fourth-order valence-corrected chi connectivity index (χ4v) is 1.70. The molecule has 2 nitrogen and oxygen atoms in total. The van der Waals surface area contributed by atoms with Crippen molar-refractivity contribution in [3.05, 3.63) is 35.1 Å². The van der Waals surface area contributed by atoms with Crippen LogP contribution < -0.4 is 5.32 Å². The highest BCUT2D eigenvalue weighted by Crippen LogP contribution is 2.25. The minimum atomic E-state index is -0.977. The Morgan fingerprint density at radius 3 is 2.62 bits per heavy atom. The van der Waals surface area contributed by atoms with Crippen LogP contribution in [0.2, 0.25) is 0 Å². The molecule has 0 radical (unpaired) electrons. The van der Waals surface area contributed by atoms with Crippen LogP contribution in [0.5, 0.6) is 0 Å². The molecule has 0 bridgehead atoms. The van der Waals surface area contributed by atoms with Crippen LogP contribution in [-0.2, 0) is 5.60 Å². The highest BCUT2D eigenvalue weighted by molar-refractivity contribution is 5.28. The van der Waals surface area contributed by atoms with E-state index in [0.29, 0.717) is 12.0 Å². The largest absolute Gasteiger partial charge is 0.385 e. The molecule has 0 saturated heterocycles. The van der Waals surface area contributed by atoms with E-state index in [0.717, 1.165) is 18.7 Å². The molecule has 2 N–H and O–H groups in total. The molecule has 3 heteroatoms. The van der Waals surface area contributed by atoms with Crippen LogP contribution in [0.3, 0.4) is 0 Å². The van der Waals surface area contributed by atoms with Crippen LogP contribution in [0.1, 0.15) is 31.4 Å². The van der Waals surface area contributed by atoms with E-state index in [1.807, 2.05) is 19.9 Å². The van der Waals surface area contributed by atoms with Crippen molar-refractivity contribution in [2.24, 2.45) is 0 Å². The molecule has 0 aromatic heterocycles. The summed E-state index contributed by atoms with van der Waals surface area (Å²) in [5, 5.41) is 13.4. The first-order chi connectivity index (χ1) is 7.45. The Morgan fingerprint density at radius 2 is 2.06 bits per heavy atom. The lowest BCUT2D eigenvalue weighted by Gasteiger charge is -2.24. The fourth-order valence-electron chi connectivity index (χ4n) is 1.70. The molecule has 16 heavy (non-hydrogen) atoms. The van der Waals surface area contributed by atoms with Gasteiger partial charge in [-0.1, -0.05) is 13.0 Å². The van der Waals surface area contributed by atoms with Gasteiger partial charge in [0.2, 0.25) is 0 Å². The van der Waals surface area contributed by atoms with E-state index in [4.69, 9.17) is 0 Å². The van der Waals surface area contributed by atoms with Crippen LogP contribution in [0, 0.1) is 12.7 Å². The third kappa shape index (κ3) is 3.58. The van der Waals surface area contributed by atoms with Gasteiger partial charge in [-0.05, 0) is 56.6 Å². The zero-order valence-electron chi connectivity index (χ0n) is 10.2. The maximum absolute atomic E-state index is 13.2. The Labute approximate surface area is 96.5 Å². The maximum Gasteiger partial charge on any atom is 0.123 e. The smallest absolute Gasteiger partial charge is 0.123 e. The molecule has 0 fully saturated rings. The number of nitrogens with one attached hydrogen (secondary N) is 1. The van der Waals surface area contributed by atoms with E-state index < -0.39 is 5.60 Å². The first kappa shape index (κ1) is 13.1. The molecule has 1 rings (SSSR count). The van der Waals surface area contributed by atoms with Crippen LogP contribution in [0.15, 0.2) is 18.2 Å². The lowest BCUT2D eigenvalue weighted by molar-refractivity contribution is 0.0478. The van der Waals surface area contributed by atoms with E-state index in [1.165, 1.54) is 12.1 Å². The van der Waals surface area contributed by atoms with Crippen molar-refractivity contribution in [1.82, 2.24) is 5.32 Å². The SMILES string of the molecule is CCNCCC(C)(O)c1cc(C)cc(F)c1. The van der Waals surface area contributed by atoms with Gasteiger partial charge >= 0.3 is 0 Å². The second-order valence-electron chi connectivity index (χ2n) is 4.39. The van der Waals surface area contributed by atoms with Gasteiger partial charge in [0.15, 0.2) is 0 Å². The fraction of sp³-hybridized carbons (Fsp3) is 0.538. The number of rotatable bonds is 5. The Kier molecular flexibility index (Phi) is 4.44. The normalized spacial score (nSPS) is 14.8. The number of benzene rings is 1. The van der Waals surface area contributed by atoms with E-state index in [9.17, 15) is 9.50 Å². The monoisotopic (exact) mass is 225 g/mol. The molecule has 1 aromatic rings. The lowest BCUT2D eigenvalue weighted by atomic mass is 9.91. The highest BCUT2D eigenvalue weighted by Gasteiger charge is 2.23. The van der Waals surface area contributed by atoms with Gasteiger partial charge < -0.3 is 10.4 Å². The van der Waals surface area contributed by atoms with Gasteiger partial charge in [-0.25, -0.2) is 4.39 Å². The number of aliphatic hydroxyl groups is 1. The molecule has 1 unspecified atom stereocenters. The lowest BCUT2D eigenvalue weighted by Crippen LogP contribution is -2.28. The Morgan fingerprint density at radius 1 is 1.38 bits per heavy atom. The Bertz CT molecular complexity index is 330. The van der Waals surface area contributed by atoms with Crippen molar-refractivity contribution in [3.8, 4) is 0 Å². The summed E-state index contributed by atoms with van der Waals surface area (Å²) in [5.74, 6) is -0.293. The number of halogens is 1. The molecule has 0 aliphatic heterocycles. The molecule has 1 atom stereocenters. The standard InChI is InChI=1S/C13H20FNO/c1-4-15-6-5-13(3,16)11-7-10(2)8-12(14)9-11/h7-9,15-16H,4-6H2,1-3H3. The maximum atomic E-state index is 13.2. The molecule has 0 saturated carbocycles. The van der Waals surface area contributed by atoms with E-state index in [-0.39, 0.29) is 5.82 Å². The number of hydrogen-bond donors (Lipinski definition) is 2. The van der Waals surface area contributed by atoms with Gasteiger partial charge in [0, 0.05) is 0 Å². The van der Waals surface area contributed by atoms with Gasteiger partial charge in [-0.3, -0.25) is 0 Å². The number of aryl methyl sites for hydroxylation is 1. The van der Waals surface area contributed by atoms with E-state index >= 15 is 0 Å². The molecule has 0 heterocycles. The Hall–Kier alpha value is -0.930. The van der Waals surface area contributed by atoms with E-state index in [1.54, 1.807) is 6.92 Å². The molecule has 0 amide bonds. The molecule has 0 spiro atoms. The van der Waals surface area contributed by atoms with Gasteiger partial charge in [-0.15, -0.1) is 0 Å². The summed E-state index contributed by atoms with van der Waals surface area (Å²) in [6.07, 6.45) is 0.573. The van der Waals surface area contributed by atoms with E-state index in [2.05, 4.69) is 5.32 Å². The average molecular weight is 225 g/mol. The molecule has 0 aliphatic carbocycles. The average Bonchev–Trinajstić information content (AvgIpc) is 2.16. The summed E-state index contributed by atoms with van der Waals surface area (Å²) in [4.78, 5) is 0. The predicted octanol–water partition coefficient (Wildman–Crippen LogP) is 2.34. The van der Waals surface area contributed by atoms with Crippen LogP contribution in [0.4, 0.5) is 4.39 Å². The second-order valence-corrected chi connectivity index (χ2v) is 4.39. The molecular formula is C13H20FNO. The van der Waals surface area contributed by atoms with Crippen molar-refractivity contribution in [1.29, 1.82) is 0 Å². The summed E-state index contributed by atoms with van der Waals surface area (Å²) in [6.45, 7) is 7.16.